The number of hydrogen-bond acceptors (Lipinski definition) is 5. The van der Waals surface area contributed by atoms with Crippen molar-refractivity contribution in [3.05, 3.63) is 11.4 Å². The van der Waals surface area contributed by atoms with E-state index < -0.39 is 13.6 Å². The summed E-state index contributed by atoms with van der Waals surface area (Å²) in [4.78, 5) is 33.4. The first kappa shape index (κ1) is 25.6. The van der Waals surface area contributed by atoms with Gasteiger partial charge in [-0.15, -0.1) is 0 Å². The number of carbonyl (C=O) groups is 1. The zero-order valence-corrected chi connectivity index (χ0v) is 19.1. The molecular weight excluding hydrogens is 325 g/mol. The Hall–Kier alpha value is 1.32. The van der Waals surface area contributed by atoms with E-state index in [4.69, 9.17) is 5.73 Å². The summed E-state index contributed by atoms with van der Waals surface area (Å²) in [5.74, 6) is 0.210. The largest absolute Gasteiger partial charge is 1.00 e. The predicted molar refractivity (Wildman–Crippen MR) is 73.4 cm³/mol. The van der Waals surface area contributed by atoms with Gasteiger partial charge in [-0.05, 0) is 44.0 Å². The molecule has 0 fully saturated rings. The molecule has 3 N–H and O–H groups in total. The summed E-state index contributed by atoms with van der Waals surface area (Å²) in [6, 6.07) is -0.528. The molecular formula is C13H23N2Na2O4P. The average molecular weight is 348 g/mol. The molecule has 0 spiro atoms. The Morgan fingerprint density at radius 3 is 2.36 bits per heavy atom. The van der Waals surface area contributed by atoms with Crippen LogP contribution in [0.4, 0.5) is 0 Å². The quantitative estimate of drug-likeness (QED) is 0.379. The van der Waals surface area contributed by atoms with Crippen LogP contribution in [0.5, 0.6) is 0 Å². The molecule has 0 saturated heterocycles. The van der Waals surface area contributed by atoms with Gasteiger partial charge in [0.05, 0.1) is 0 Å². The van der Waals surface area contributed by atoms with Crippen LogP contribution >= 0.6 is 7.60 Å². The van der Waals surface area contributed by atoms with E-state index >= 15 is 0 Å². The summed E-state index contributed by atoms with van der Waals surface area (Å²) in [6.45, 7) is 5.55. The standard InChI is InChI=1S/C13H25N2O4P.2Na/c1-8(2)6-13(15-9(3)16)11-5-4-10(7-12(11)14)20(17,18)19;;/h4,8,11-13H,5-7,14H2,1-3H3,(H,15,16)(H2,17,18,19);;/q;2*+1/p-2/t11-,12-,13-;;/m0../s1. The van der Waals surface area contributed by atoms with Crippen molar-refractivity contribution in [2.24, 2.45) is 17.6 Å². The minimum atomic E-state index is -4.70. The van der Waals surface area contributed by atoms with Crippen LogP contribution in [-0.4, -0.2) is 18.0 Å². The summed E-state index contributed by atoms with van der Waals surface area (Å²) < 4.78 is 11.0. The number of rotatable bonds is 5. The van der Waals surface area contributed by atoms with E-state index in [9.17, 15) is 19.1 Å². The van der Waals surface area contributed by atoms with Crippen molar-refractivity contribution in [2.45, 2.75) is 52.1 Å². The van der Waals surface area contributed by atoms with Crippen LogP contribution in [0.15, 0.2) is 11.4 Å². The molecule has 1 amide bonds. The number of allylic oxidation sites excluding steroid dienone is 1. The maximum atomic E-state index is 11.3. The van der Waals surface area contributed by atoms with E-state index in [-0.39, 0.29) is 88.7 Å². The van der Waals surface area contributed by atoms with Crippen LogP contribution in [0, 0.1) is 11.8 Å². The van der Waals surface area contributed by atoms with E-state index in [2.05, 4.69) is 5.32 Å². The van der Waals surface area contributed by atoms with E-state index in [0.717, 1.165) is 6.42 Å². The van der Waals surface area contributed by atoms with Crippen molar-refractivity contribution in [3.63, 3.8) is 0 Å². The topological polar surface area (TPSA) is 118 Å². The maximum absolute atomic E-state index is 11.3. The predicted octanol–water partition coefficient (Wildman–Crippen LogP) is -5.92. The fourth-order valence-corrected chi connectivity index (χ4v) is 3.48. The zero-order chi connectivity index (χ0) is 15.5. The van der Waals surface area contributed by atoms with Gasteiger partial charge in [-0.1, -0.05) is 19.9 Å². The first-order valence-electron chi connectivity index (χ1n) is 6.85. The molecule has 116 valence electrons. The molecule has 0 unspecified atom stereocenters. The second-order valence-electron chi connectivity index (χ2n) is 5.90. The van der Waals surface area contributed by atoms with Gasteiger partial charge in [-0.3, -0.25) is 4.79 Å². The normalized spacial score (nSPS) is 23.0. The average Bonchev–Trinajstić information content (AvgIpc) is 2.25. The third kappa shape index (κ3) is 8.43. The van der Waals surface area contributed by atoms with E-state index in [1.54, 1.807) is 0 Å². The maximum Gasteiger partial charge on any atom is 1.00 e. The van der Waals surface area contributed by atoms with Crippen LogP contribution in [0.1, 0.15) is 40.0 Å². The smallest absolute Gasteiger partial charge is 0.808 e. The SMILES string of the molecule is CC(=O)N[C@@H](CC(C)C)[C@H]1CC=C(P(=O)([O-])[O-])C[C@@H]1N.[Na+].[Na+]. The first-order valence-corrected chi connectivity index (χ1v) is 8.39. The summed E-state index contributed by atoms with van der Waals surface area (Å²) in [6.07, 6.45) is 2.70. The Kier molecular flexibility index (Phi) is 12.8. The molecule has 0 saturated carbocycles. The van der Waals surface area contributed by atoms with E-state index in [1.807, 2.05) is 13.8 Å². The molecule has 0 radical (unpaired) electrons. The van der Waals surface area contributed by atoms with E-state index in [0.29, 0.717) is 12.3 Å². The van der Waals surface area contributed by atoms with Gasteiger partial charge in [0, 0.05) is 19.0 Å². The molecule has 0 heterocycles. The van der Waals surface area contributed by atoms with Crippen LogP contribution in [0.3, 0.4) is 0 Å². The van der Waals surface area contributed by atoms with Crippen molar-refractivity contribution >= 4 is 13.5 Å². The third-order valence-corrected chi connectivity index (χ3v) is 4.67. The van der Waals surface area contributed by atoms with Crippen molar-refractivity contribution in [1.29, 1.82) is 0 Å². The van der Waals surface area contributed by atoms with Crippen molar-refractivity contribution < 1.29 is 78.3 Å². The van der Waals surface area contributed by atoms with Crippen molar-refractivity contribution in [2.75, 3.05) is 0 Å². The van der Waals surface area contributed by atoms with Crippen LogP contribution in [0.2, 0.25) is 0 Å². The van der Waals surface area contributed by atoms with Crippen LogP contribution in [0.25, 0.3) is 0 Å². The van der Waals surface area contributed by atoms with Crippen LogP contribution in [-0.2, 0) is 9.36 Å². The Labute approximate surface area is 176 Å². The minimum absolute atomic E-state index is 0. The van der Waals surface area contributed by atoms with Crippen molar-refractivity contribution in [3.8, 4) is 0 Å². The van der Waals surface area contributed by atoms with Gasteiger partial charge >= 0.3 is 59.1 Å². The zero-order valence-electron chi connectivity index (χ0n) is 14.2. The van der Waals surface area contributed by atoms with Gasteiger partial charge in [0.25, 0.3) is 0 Å². The summed E-state index contributed by atoms with van der Waals surface area (Å²) in [5, 5.41) is 2.79. The van der Waals surface area contributed by atoms with E-state index in [1.165, 1.54) is 13.0 Å². The Balaban J connectivity index is 0. The molecule has 9 heteroatoms. The number of nitrogens with two attached hydrogens (primary N) is 1. The molecule has 0 bridgehead atoms. The molecule has 0 aromatic carbocycles. The fraction of sp³-hybridized carbons (Fsp3) is 0.769. The molecule has 0 aromatic heterocycles. The molecule has 1 aliphatic carbocycles. The molecule has 1 aliphatic rings. The number of carbonyl (C=O) groups excluding carboxylic acids is 1. The second kappa shape index (κ2) is 11.0. The van der Waals surface area contributed by atoms with Gasteiger partial charge in [0.2, 0.25) is 5.91 Å². The van der Waals surface area contributed by atoms with Crippen LogP contribution < -0.4 is 80.0 Å². The van der Waals surface area contributed by atoms with Gasteiger partial charge in [-0.25, -0.2) is 0 Å². The monoisotopic (exact) mass is 348 g/mol. The Morgan fingerprint density at radius 2 is 2.00 bits per heavy atom. The fourth-order valence-electron chi connectivity index (χ4n) is 2.72. The van der Waals surface area contributed by atoms with Gasteiger partial charge in [0.15, 0.2) is 0 Å². The Bertz CT molecular complexity index is 440. The van der Waals surface area contributed by atoms with Gasteiger partial charge in [0.1, 0.15) is 0 Å². The molecule has 1 rings (SSSR count). The molecule has 3 atom stereocenters. The molecule has 22 heavy (non-hydrogen) atoms. The minimum Gasteiger partial charge on any atom is -0.808 e. The number of hydrogen-bond donors (Lipinski definition) is 2. The molecule has 6 nitrogen and oxygen atoms in total. The van der Waals surface area contributed by atoms with Gasteiger partial charge < -0.3 is 25.4 Å². The Morgan fingerprint density at radius 1 is 1.45 bits per heavy atom. The van der Waals surface area contributed by atoms with Crippen molar-refractivity contribution in [1.82, 2.24) is 5.32 Å². The molecule has 0 aromatic rings. The summed E-state index contributed by atoms with van der Waals surface area (Å²) in [5.41, 5.74) is 6.03. The summed E-state index contributed by atoms with van der Waals surface area (Å²) in [7, 11) is -4.70. The van der Waals surface area contributed by atoms with Gasteiger partial charge in [-0.2, -0.15) is 0 Å². The summed E-state index contributed by atoms with van der Waals surface area (Å²) >= 11 is 0. The second-order valence-corrected chi connectivity index (χ2v) is 7.47. The number of nitrogens with one attached hydrogen (secondary N) is 1. The number of amides is 1. The first-order chi connectivity index (χ1) is 9.11. The molecule has 0 aliphatic heterocycles. The third-order valence-electron chi connectivity index (χ3n) is 3.60.